The Morgan fingerprint density at radius 3 is 2.32 bits per heavy atom. The summed E-state index contributed by atoms with van der Waals surface area (Å²) in [5, 5.41) is 9.22. The third-order valence-corrected chi connectivity index (χ3v) is 3.54. The number of carbonyl (C=O) groups is 3. The van der Waals surface area contributed by atoms with E-state index in [1.165, 1.54) is 12.1 Å². The number of rotatable bonds is 3. The minimum atomic E-state index is -1.18. The van der Waals surface area contributed by atoms with E-state index in [0.29, 0.717) is 4.47 Å². The van der Waals surface area contributed by atoms with Gasteiger partial charge in [0.05, 0.1) is 11.1 Å². The lowest BCUT2D eigenvalue weighted by atomic mass is 10.0. The lowest BCUT2D eigenvalue weighted by molar-refractivity contribution is -0.143. The van der Waals surface area contributed by atoms with E-state index in [-0.39, 0.29) is 17.0 Å². The van der Waals surface area contributed by atoms with Gasteiger partial charge in [-0.25, -0.2) is 4.79 Å². The van der Waals surface area contributed by atoms with Crippen molar-refractivity contribution in [3.05, 3.63) is 33.8 Å². The van der Waals surface area contributed by atoms with Crippen LogP contribution in [0.4, 0.5) is 0 Å². The topological polar surface area (TPSA) is 74.7 Å². The van der Waals surface area contributed by atoms with Crippen LogP contribution < -0.4 is 0 Å². The molecule has 0 fully saturated rings. The number of hydrogen-bond donors (Lipinski definition) is 1. The van der Waals surface area contributed by atoms with Crippen LogP contribution >= 0.6 is 15.9 Å². The zero-order valence-electron chi connectivity index (χ0n) is 10.4. The van der Waals surface area contributed by atoms with Crippen LogP contribution in [0, 0.1) is 5.92 Å². The van der Waals surface area contributed by atoms with Gasteiger partial charge in [0, 0.05) is 4.47 Å². The van der Waals surface area contributed by atoms with Crippen LogP contribution in [0.1, 0.15) is 34.6 Å². The van der Waals surface area contributed by atoms with Crippen LogP contribution in [0.25, 0.3) is 0 Å². The zero-order chi connectivity index (χ0) is 14.3. The van der Waals surface area contributed by atoms with Crippen LogP contribution in [0.2, 0.25) is 0 Å². The first kappa shape index (κ1) is 13.7. The van der Waals surface area contributed by atoms with Crippen LogP contribution in [-0.2, 0) is 4.79 Å². The van der Waals surface area contributed by atoms with Crippen LogP contribution in [0.3, 0.4) is 0 Å². The fourth-order valence-corrected chi connectivity index (χ4v) is 2.54. The van der Waals surface area contributed by atoms with E-state index >= 15 is 0 Å². The van der Waals surface area contributed by atoms with Gasteiger partial charge in [0.1, 0.15) is 6.04 Å². The molecule has 0 saturated carbocycles. The molecular formula is C13H12BrNO4. The predicted octanol–water partition coefficient (Wildman–Crippen LogP) is 2.15. The van der Waals surface area contributed by atoms with Crippen molar-refractivity contribution in [1.82, 2.24) is 4.90 Å². The van der Waals surface area contributed by atoms with E-state index in [4.69, 9.17) is 0 Å². The minimum absolute atomic E-state index is 0.242. The Kier molecular flexibility index (Phi) is 3.45. The molecule has 1 heterocycles. The molecule has 0 unspecified atom stereocenters. The summed E-state index contributed by atoms with van der Waals surface area (Å²) in [4.78, 5) is 36.5. The summed E-state index contributed by atoms with van der Waals surface area (Å²) in [5.41, 5.74) is 0.492. The van der Waals surface area contributed by atoms with Crippen LogP contribution in [-0.4, -0.2) is 33.8 Å². The molecule has 5 nitrogen and oxygen atoms in total. The molecule has 1 aliphatic heterocycles. The summed E-state index contributed by atoms with van der Waals surface area (Å²) in [6.45, 7) is 3.33. The molecule has 0 spiro atoms. The standard InChI is InChI=1S/C13H12BrNO4/c1-6(2)10(13(18)19)15-11(16)8-4-3-7(14)5-9(8)12(15)17/h3-6,10H,1-2H3,(H,18,19)/t10-/m0/s1. The molecule has 1 aliphatic rings. The molecule has 1 aromatic carbocycles. The molecule has 100 valence electrons. The first-order valence-corrected chi connectivity index (χ1v) is 6.54. The summed E-state index contributed by atoms with van der Waals surface area (Å²) in [7, 11) is 0. The maximum absolute atomic E-state index is 12.2. The molecule has 6 heteroatoms. The molecule has 0 radical (unpaired) electrons. The number of carbonyl (C=O) groups excluding carboxylic acids is 2. The van der Waals surface area contributed by atoms with Crippen molar-refractivity contribution in [2.75, 3.05) is 0 Å². The Balaban J connectivity index is 2.50. The van der Waals surface area contributed by atoms with Crippen molar-refractivity contribution in [3.63, 3.8) is 0 Å². The second-order valence-electron chi connectivity index (χ2n) is 4.70. The van der Waals surface area contributed by atoms with Crippen molar-refractivity contribution < 1.29 is 19.5 Å². The molecule has 2 amide bonds. The first-order valence-electron chi connectivity index (χ1n) is 5.75. The number of fused-ring (bicyclic) bond motifs is 1. The normalized spacial score (nSPS) is 15.9. The number of aliphatic carboxylic acids is 1. The number of amides is 2. The average molecular weight is 326 g/mol. The Labute approximate surface area is 118 Å². The molecule has 2 rings (SSSR count). The van der Waals surface area contributed by atoms with E-state index in [9.17, 15) is 19.5 Å². The highest BCUT2D eigenvalue weighted by Crippen LogP contribution is 2.29. The fourth-order valence-electron chi connectivity index (χ4n) is 2.18. The van der Waals surface area contributed by atoms with Gasteiger partial charge in [-0.1, -0.05) is 29.8 Å². The first-order chi connectivity index (χ1) is 8.84. The van der Waals surface area contributed by atoms with Gasteiger partial charge < -0.3 is 5.11 Å². The van der Waals surface area contributed by atoms with E-state index in [2.05, 4.69) is 15.9 Å². The summed E-state index contributed by atoms with van der Waals surface area (Å²) in [5.74, 6) is -2.64. The third kappa shape index (κ3) is 2.16. The highest BCUT2D eigenvalue weighted by molar-refractivity contribution is 9.10. The summed E-state index contributed by atoms with van der Waals surface area (Å²) < 4.78 is 0.672. The molecular weight excluding hydrogens is 314 g/mol. The monoisotopic (exact) mass is 325 g/mol. The molecule has 1 atom stereocenters. The molecule has 0 saturated heterocycles. The van der Waals surface area contributed by atoms with E-state index in [1.54, 1.807) is 19.9 Å². The molecule has 1 aromatic rings. The largest absolute Gasteiger partial charge is 0.480 e. The maximum atomic E-state index is 12.2. The van der Waals surface area contributed by atoms with Gasteiger partial charge in [0.25, 0.3) is 11.8 Å². The number of halogens is 1. The van der Waals surface area contributed by atoms with Gasteiger partial charge in [0.2, 0.25) is 0 Å². The third-order valence-electron chi connectivity index (χ3n) is 3.04. The smallest absolute Gasteiger partial charge is 0.327 e. The number of imide groups is 1. The van der Waals surface area contributed by atoms with Gasteiger partial charge in [0.15, 0.2) is 0 Å². The van der Waals surface area contributed by atoms with Crippen LogP contribution in [0.5, 0.6) is 0 Å². The maximum Gasteiger partial charge on any atom is 0.327 e. The number of nitrogens with zero attached hydrogens (tertiary/aromatic N) is 1. The summed E-state index contributed by atoms with van der Waals surface area (Å²) >= 11 is 3.23. The molecule has 1 N–H and O–H groups in total. The lowest BCUT2D eigenvalue weighted by Crippen LogP contribution is -2.47. The van der Waals surface area contributed by atoms with Gasteiger partial charge in [-0.3, -0.25) is 14.5 Å². The van der Waals surface area contributed by atoms with Crippen molar-refractivity contribution >= 4 is 33.7 Å². The molecule has 0 bridgehead atoms. The van der Waals surface area contributed by atoms with Gasteiger partial charge in [-0.15, -0.1) is 0 Å². The Bertz CT molecular complexity index is 582. The van der Waals surface area contributed by atoms with Crippen molar-refractivity contribution in [2.24, 2.45) is 5.92 Å². The lowest BCUT2D eigenvalue weighted by Gasteiger charge is -2.25. The quantitative estimate of drug-likeness (QED) is 0.864. The second-order valence-corrected chi connectivity index (χ2v) is 5.61. The average Bonchev–Trinajstić information content (AvgIpc) is 2.53. The SMILES string of the molecule is CC(C)[C@@H](C(=O)O)N1C(=O)c2ccc(Br)cc2C1=O. The highest BCUT2D eigenvalue weighted by Gasteiger charge is 2.44. The second kappa shape index (κ2) is 4.77. The fraction of sp³-hybridized carbons (Fsp3) is 0.308. The Hall–Kier alpha value is -1.69. The van der Waals surface area contributed by atoms with E-state index in [0.717, 1.165) is 4.90 Å². The van der Waals surface area contributed by atoms with Gasteiger partial charge >= 0.3 is 5.97 Å². The summed E-state index contributed by atoms with van der Waals surface area (Å²) in [6, 6.07) is 3.57. The minimum Gasteiger partial charge on any atom is -0.480 e. The molecule has 19 heavy (non-hydrogen) atoms. The number of carboxylic acid groups (broad SMARTS) is 1. The number of benzene rings is 1. The molecule has 0 aromatic heterocycles. The van der Waals surface area contributed by atoms with E-state index in [1.807, 2.05) is 0 Å². The zero-order valence-corrected chi connectivity index (χ0v) is 12.0. The predicted molar refractivity (Wildman–Crippen MR) is 70.9 cm³/mol. The van der Waals surface area contributed by atoms with Gasteiger partial charge in [-0.2, -0.15) is 0 Å². The summed E-state index contributed by atoms with van der Waals surface area (Å²) in [6.07, 6.45) is 0. The van der Waals surface area contributed by atoms with Crippen molar-refractivity contribution in [3.8, 4) is 0 Å². The highest BCUT2D eigenvalue weighted by atomic mass is 79.9. The Morgan fingerprint density at radius 2 is 1.79 bits per heavy atom. The molecule has 0 aliphatic carbocycles. The number of hydrogen-bond acceptors (Lipinski definition) is 3. The van der Waals surface area contributed by atoms with E-state index < -0.39 is 23.8 Å². The van der Waals surface area contributed by atoms with Crippen molar-refractivity contribution in [1.29, 1.82) is 0 Å². The van der Waals surface area contributed by atoms with Gasteiger partial charge in [-0.05, 0) is 24.1 Å². The van der Waals surface area contributed by atoms with Crippen LogP contribution in [0.15, 0.2) is 22.7 Å². The van der Waals surface area contributed by atoms with Crippen molar-refractivity contribution in [2.45, 2.75) is 19.9 Å². The number of carboxylic acids is 1. The Morgan fingerprint density at radius 1 is 1.21 bits per heavy atom.